The molecule has 0 aliphatic rings. The fourth-order valence-electron chi connectivity index (χ4n) is 0.957. The highest BCUT2D eigenvalue weighted by atomic mass is 16.5. The van der Waals surface area contributed by atoms with Crippen LogP contribution in [-0.2, 0) is 4.74 Å². The van der Waals surface area contributed by atoms with Gasteiger partial charge in [0.2, 0.25) is 0 Å². The Balaban J connectivity index is 3.02. The molecule has 0 rings (SSSR count). The molecule has 0 spiro atoms. The van der Waals surface area contributed by atoms with Crippen molar-refractivity contribution in [2.24, 2.45) is 0 Å². The Kier molecular flexibility index (Phi) is 8.51. The molecule has 0 amide bonds. The van der Waals surface area contributed by atoms with Crippen LogP contribution in [0.15, 0.2) is 12.7 Å². The zero-order valence-electron chi connectivity index (χ0n) is 8.31. The maximum absolute atomic E-state index is 5.32. The molecule has 0 aliphatic heterocycles. The highest BCUT2D eigenvalue weighted by Crippen LogP contribution is 1.89. The SMILES string of the molecule is C=CCC(C)NCCOCCC. The maximum atomic E-state index is 5.32. The van der Waals surface area contributed by atoms with E-state index in [-0.39, 0.29) is 0 Å². The summed E-state index contributed by atoms with van der Waals surface area (Å²) in [5.41, 5.74) is 0. The summed E-state index contributed by atoms with van der Waals surface area (Å²) < 4.78 is 5.32. The van der Waals surface area contributed by atoms with E-state index in [9.17, 15) is 0 Å². The lowest BCUT2D eigenvalue weighted by molar-refractivity contribution is 0.135. The molecule has 0 bridgehead atoms. The van der Waals surface area contributed by atoms with E-state index < -0.39 is 0 Å². The second-order valence-corrected chi connectivity index (χ2v) is 2.99. The van der Waals surface area contributed by atoms with Gasteiger partial charge in [0.25, 0.3) is 0 Å². The zero-order chi connectivity index (χ0) is 9.23. The van der Waals surface area contributed by atoms with Gasteiger partial charge in [-0.1, -0.05) is 13.0 Å². The molecule has 0 aromatic carbocycles. The van der Waals surface area contributed by atoms with E-state index in [1.54, 1.807) is 0 Å². The van der Waals surface area contributed by atoms with Crippen LogP contribution in [-0.4, -0.2) is 25.8 Å². The van der Waals surface area contributed by atoms with Crippen molar-refractivity contribution in [2.45, 2.75) is 32.7 Å². The molecular formula is C10H21NO. The third kappa shape index (κ3) is 7.76. The average Bonchev–Trinajstić information content (AvgIpc) is 2.05. The van der Waals surface area contributed by atoms with Crippen LogP contribution in [0.5, 0.6) is 0 Å². The summed E-state index contributed by atoms with van der Waals surface area (Å²) in [7, 11) is 0. The molecule has 2 nitrogen and oxygen atoms in total. The molecule has 0 fully saturated rings. The summed E-state index contributed by atoms with van der Waals surface area (Å²) in [6.07, 6.45) is 4.06. The number of ether oxygens (including phenoxy) is 1. The lowest BCUT2D eigenvalue weighted by Crippen LogP contribution is -2.28. The van der Waals surface area contributed by atoms with Gasteiger partial charge in [-0.15, -0.1) is 6.58 Å². The second-order valence-electron chi connectivity index (χ2n) is 2.99. The largest absolute Gasteiger partial charge is 0.380 e. The van der Waals surface area contributed by atoms with Gasteiger partial charge in [-0.2, -0.15) is 0 Å². The predicted molar refractivity (Wildman–Crippen MR) is 53.4 cm³/mol. The lowest BCUT2D eigenvalue weighted by atomic mass is 10.2. The molecular weight excluding hydrogens is 150 g/mol. The quantitative estimate of drug-likeness (QED) is 0.445. The van der Waals surface area contributed by atoms with Gasteiger partial charge < -0.3 is 10.1 Å². The van der Waals surface area contributed by atoms with Crippen LogP contribution >= 0.6 is 0 Å². The van der Waals surface area contributed by atoms with Crippen molar-refractivity contribution < 1.29 is 4.74 Å². The molecule has 72 valence electrons. The second kappa shape index (κ2) is 8.75. The minimum atomic E-state index is 0.521. The molecule has 0 aromatic rings. The molecule has 0 aromatic heterocycles. The number of hydrogen-bond acceptors (Lipinski definition) is 2. The standard InChI is InChI=1S/C10H21NO/c1-4-6-10(3)11-7-9-12-8-5-2/h4,10-11H,1,5-9H2,2-3H3. The van der Waals surface area contributed by atoms with Crippen molar-refractivity contribution in [3.63, 3.8) is 0 Å². The van der Waals surface area contributed by atoms with Crippen molar-refractivity contribution in [1.82, 2.24) is 5.32 Å². The topological polar surface area (TPSA) is 21.3 Å². The Bertz CT molecular complexity index is 104. The summed E-state index contributed by atoms with van der Waals surface area (Å²) in [6, 6.07) is 0.521. The van der Waals surface area contributed by atoms with Gasteiger partial charge in [-0.05, 0) is 19.8 Å². The van der Waals surface area contributed by atoms with Crippen molar-refractivity contribution in [2.75, 3.05) is 19.8 Å². The fraction of sp³-hybridized carbons (Fsp3) is 0.800. The van der Waals surface area contributed by atoms with E-state index in [1.165, 1.54) is 0 Å². The lowest BCUT2D eigenvalue weighted by Gasteiger charge is -2.10. The minimum absolute atomic E-state index is 0.521. The molecule has 0 aliphatic carbocycles. The van der Waals surface area contributed by atoms with E-state index in [4.69, 9.17) is 4.74 Å². The predicted octanol–water partition coefficient (Wildman–Crippen LogP) is 1.97. The van der Waals surface area contributed by atoms with Gasteiger partial charge >= 0.3 is 0 Å². The molecule has 12 heavy (non-hydrogen) atoms. The summed E-state index contributed by atoms with van der Waals surface area (Å²) in [5.74, 6) is 0. The molecule has 0 saturated heterocycles. The maximum Gasteiger partial charge on any atom is 0.0590 e. The third-order valence-corrected chi connectivity index (χ3v) is 1.61. The average molecular weight is 171 g/mol. The Morgan fingerprint density at radius 1 is 1.50 bits per heavy atom. The Labute approximate surface area is 76.0 Å². The van der Waals surface area contributed by atoms with Gasteiger partial charge in [0, 0.05) is 19.2 Å². The summed E-state index contributed by atoms with van der Waals surface area (Å²) >= 11 is 0. The van der Waals surface area contributed by atoms with Crippen LogP contribution in [0.4, 0.5) is 0 Å². The first-order valence-corrected chi connectivity index (χ1v) is 4.73. The molecule has 1 unspecified atom stereocenters. The summed E-state index contributed by atoms with van der Waals surface area (Å²) in [6.45, 7) is 10.6. The number of nitrogens with one attached hydrogen (secondary N) is 1. The normalized spacial score (nSPS) is 12.8. The number of rotatable bonds is 8. The minimum Gasteiger partial charge on any atom is -0.380 e. The Morgan fingerprint density at radius 3 is 2.83 bits per heavy atom. The molecule has 1 N–H and O–H groups in total. The van der Waals surface area contributed by atoms with Gasteiger partial charge in [-0.3, -0.25) is 0 Å². The molecule has 0 radical (unpaired) electrons. The molecule has 2 heteroatoms. The van der Waals surface area contributed by atoms with Crippen LogP contribution < -0.4 is 5.32 Å². The monoisotopic (exact) mass is 171 g/mol. The molecule has 0 saturated carbocycles. The summed E-state index contributed by atoms with van der Waals surface area (Å²) in [4.78, 5) is 0. The summed E-state index contributed by atoms with van der Waals surface area (Å²) in [5, 5.41) is 3.35. The fourth-order valence-corrected chi connectivity index (χ4v) is 0.957. The van der Waals surface area contributed by atoms with Crippen LogP contribution in [0.25, 0.3) is 0 Å². The Morgan fingerprint density at radius 2 is 2.25 bits per heavy atom. The van der Waals surface area contributed by atoms with Gasteiger partial charge in [-0.25, -0.2) is 0 Å². The highest BCUT2D eigenvalue weighted by molar-refractivity contribution is 4.74. The van der Waals surface area contributed by atoms with Crippen LogP contribution in [0.1, 0.15) is 26.7 Å². The van der Waals surface area contributed by atoms with Gasteiger partial charge in [0.15, 0.2) is 0 Å². The van der Waals surface area contributed by atoms with Crippen molar-refractivity contribution in [3.05, 3.63) is 12.7 Å². The van der Waals surface area contributed by atoms with Crippen LogP contribution in [0, 0.1) is 0 Å². The molecule has 0 heterocycles. The van der Waals surface area contributed by atoms with Crippen LogP contribution in [0.3, 0.4) is 0 Å². The van der Waals surface area contributed by atoms with E-state index in [0.29, 0.717) is 6.04 Å². The third-order valence-electron chi connectivity index (χ3n) is 1.61. The van der Waals surface area contributed by atoms with Crippen LogP contribution in [0.2, 0.25) is 0 Å². The molecule has 1 atom stereocenters. The van der Waals surface area contributed by atoms with E-state index in [2.05, 4.69) is 25.7 Å². The van der Waals surface area contributed by atoms with Gasteiger partial charge in [0.05, 0.1) is 6.61 Å². The van der Waals surface area contributed by atoms with Crippen molar-refractivity contribution in [1.29, 1.82) is 0 Å². The highest BCUT2D eigenvalue weighted by Gasteiger charge is 1.95. The zero-order valence-corrected chi connectivity index (χ0v) is 8.31. The van der Waals surface area contributed by atoms with E-state index in [1.807, 2.05) is 6.08 Å². The first kappa shape index (κ1) is 11.7. The van der Waals surface area contributed by atoms with E-state index in [0.717, 1.165) is 32.6 Å². The number of hydrogen-bond donors (Lipinski definition) is 1. The van der Waals surface area contributed by atoms with E-state index >= 15 is 0 Å². The first-order valence-electron chi connectivity index (χ1n) is 4.73. The first-order chi connectivity index (χ1) is 5.81. The Hall–Kier alpha value is -0.340. The van der Waals surface area contributed by atoms with Crippen molar-refractivity contribution in [3.8, 4) is 0 Å². The smallest absolute Gasteiger partial charge is 0.0590 e. The van der Waals surface area contributed by atoms with Crippen molar-refractivity contribution >= 4 is 0 Å². The van der Waals surface area contributed by atoms with Gasteiger partial charge in [0.1, 0.15) is 0 Å².